The van der Waals surface area contributed by atoms with E-state index in [1.807, 2.05) is 16.5 Å². The summed E-state index contributed by atoms with van der Waals surface area (Å²) in [5, 5.41) is 7.24. The van der Waals surface area contributed by atoms with Gasteiger partial charge in [0.1, 0.15) is 0 Å². The van der Waals surface area contributed by atoms with E-state index >= 15 is 0 Å². The van der Waals surface area contributed by atoms with E-state index in [1.165, 1.54) is 0 Å². The zero-order chi connectivity index (χ0) is 13.1. The Kier molecular flexibility index (Phi) is 3.89. The van der Waals surface area contributed by atoms with Gasteiger partial charge < -0.3 is 10.2 Å². The molecule has 100 valence electrons. The Balaban J connectivity index is 1.93. The number of amides is 2. The van der Waals surface area contributed by atoms with Crippen LogP contribution in [0.3, 0.4) is 0 Å². The van der Waals surface area contributed by atoms with Crippen molar-refractivity contribution in [1.29, 1.82) is 0 Å². The minimum Gasteiger partial charge on any atom is -0.324 e. The van der Waals surface area contributed by atoms with E-state index in [9.17, 15) is 4.79 Å². The van der Waals surface area contributed by atoms with E-state index in [0.29, 0.717) is 5.92 Å². The molecule has 5 nitrogen and oxygen atoms in total. The predicted octanol–water partition coefficient (Wildman–Crippen LogP) is 2.48. The summed E-state index contributed by atoms with van der Waals surface area (Å²) < 4.78 is 1.96. The fourth-order valence-corrected chi connectivity index (χ4v) is 2.16. The predicted molar refractivity (Wildman–Crippen MR) is 71.6 cm³/mol. The summed E-state index contributed by atoms with van der Waals surface area (Å²) in [6.45, 7) is 8.93. The second kappa shape index (κ2) is 5.42. The first kappa shape index (κ1) is 12.9. The fourth-order valence-electron chi connectivity index (χ4n) is 2.16. The van der Waals surface area contributed by atoms with Crippen molar-refractivity contribution < 1.29 is 4.79 Å². The number of unbranched alkanes of at least 4 members (excludes halogenated alkanes) is 1. The number of hydrogen-bond donors (Lipinski definition) is 1. The zero-order valence-corrected chi connectivity index (χ0v) is 11.4. The molecule has 0 spiro atoms. The third-order valence-electron chi connectivity index (χ3n) is 3.42. The number of anilines is 1. The average Bonchev–Trinajstić information content (AvgIpc) is 2.64. The number of likely N-dealkylation sites (tertiary alicyclic amines) is 1. The van der Waals surface area contributed by atoms with Crippen LogP contribution in [0.25, 0.3) is 0 Å². The standard InChI is InChI=1S/C13H22N4O/c1-4-5-6-17-11(3)12(7-14-17)15-13(18)16-8-10(2)9-16/h7,10H,4-6,8-9H2,1-3H3,(H,15,18). The Morgan fingerprint density at radius 1 is 1.56 bits per heavy atom. The van der Waals surface area contributed by atoms with E-state index in [-0.39, 0.29) is 6.03 Å². The Morgan fingerprint density at radius 2 is 2.28 bits per heavy atom. The molecule has 0 aromatic carbocycles. The number of nitrogens with one attached hydrogen (secondary N) is 1. The maximum Gasteiger partial charge on any atom is 0.321 e. The summed E-state index contributed by atoms with van der Waals surface area (Å²) in [7, 11) is 0. The van der Waals surface area contributed by atoms with E-state index < -0.39 is 0 Å². The molecule has 1 saturated heterocycles. The highest BCUT2D eigenvalue weighted by atomic mass is 16.2. The Morgan fingerprint density at radius 3 is 2.89 bits per heavy atom. The van der Waals surface area contributed by atoms with Gasteiger partial charge in [0.15, 0.2) is 0 Å². The fraction of sp³-hybridized carbons (Fsp3) is 0.692. The third-order valence-corrected chi connectivity index (χ3v) is 3.42. The summed E-state index contributed by atoms with van der Waals surface area (Å²) in [6, 6.07) is -0.00811. The van der Waals surface area contributed by atoms with Crippen molar-refractivity contribution in [2.75, 3.05) is 18.4 Å². The average molecular weight is 250 g/mol. The van der Waals surface area contributed by atoms with E-state index in [1.54, 1.807) is 6.20 Å². The van der Waals surface area contributed by atoms with Crippen LogP contribution >= 0.6 is 0 Å². The quantitative estimate of drug-likeness (QED) is 0.892. The Bertz CT molecular complexity index is 421. The molecule has 0 bridgehead atoms. The van der Waals surface area contributed by atoms with Gasteiger partial charge in [0.25, 0.3) is 0 Å². The van der Waals surface area contributed by atoms with Crippen LogP contribution in [0.2, 0.25) is 0 Å². The van der Waals surface area contributed by atoms with Crippen LogP contribution in [0.15, 0.2) is 6.20 Å². The minimum atomic E-state index is -0.00811. The first-order valence-electron chi connectivity index (χ1n) is 6.70. The summed E-state index contributed by atoms with van der Waals surface area (Å²) in [5.74, 6) is 0.629. The molecule has 2 amide bonds. The molecule has 1 aromatic heterocycles. The maximum absolute atomic E-state index is 11.9. The molecule has 1 aromatic rings. The number of hydrogen-bond acceptors (Lipinski definition) is 2. The number of aryl methyl sites for hydroxylation is 1. The van der Waals surface area contributed by atoms with Crippen LogP contribution < -0.4 is 5.32 Å². The molecule has 0 aliphatic carbocycles. The Labute approximate surface area is 108 Å². The van der Waals surface area contributed by atoms with Gasteiger partial charge in [-0.15, -0.1) is 0 Å². The molecule has 1 fully saturated rings. The van der Waals surface area contributed by atoms with Crippen LogP contribution in [0, 0.1) is 12.8 Å². The van der Waals surface area contributed by atoms with Crippen LogP contribution in [-0.4, -0.2) is 33.8 Å². The molecule has 1 N–H and O–H groups in total. The molecule has 2 rings (SSSR count). The van der Waals surface area contributed by atoms with Gasteiger partial charge >= 0.3 is 6.03 Å². The van der Waals surface area contributed by atoms with Crippen molar-refractivity contribution in [3.63, 3.8) is 0 Å². The van der Waals surface area contributed by atoms with Gasteiger partial charge in [-0.2, -0.15) is 5.10 Å². The molecular formula is C13H22N4O. The maximum atomic E-state index is 11.9. The molecule has 1 aliphatic rings. The highest BCUT2D eigenvalue weighted by Crippen LogP contribution is 2.18. The topological polar surface area (TPSA) is 50.2 Å². The molecule has 0 radical (unpaired) electrons. The number of nitrogens with zero attached hydrogens (tertiary/aromatic N) is 3. The molecule has 1 aliphatic heterocycles. The van der Waals surface area contributed by atoms with Crippen molar-refractivity contribution >= 4 is 11.7 Å². The largest absolute Gasteiger partial charge is 0.324 e. The highest BCUT2D eigenvalue weighted by molar-refractivity contribution is 5.90. The number of carbonyl (C=O) groups excluding carboxylic acids is 1. The van der Waals surface area contributed by atoms with Crippen molar-refractivity contribution in [3.05, 3.63) is 11.9 Å². The van der Waals surface area contributed by atoms with Gasteiger partial charge in [-0.3, -0.25) is 4.68 Å². The first-order chi connectivity index (χ1) is 8.61. The minimum absolute atomic E-state index is 0.00811. The Hall–Kier alpha value is -1.52. The number of urea groups is 1. The second-order valence-electron chi connectivity index (χ2n) is 5.16. The smallest absolute Gasteiger partial charge is 0.321 e. The van der Waals surface area contributed by atoms with Crippen LogP contribution in [-0.2, 0) is 6.54 Å². The lowest BCUT2D eigenvalue weighted by Crippen LogP contribution is -2.50. The lowest BCUT2D eigenvalue weighted by atomic mass is 10.0. The van der Waals surface area contributed by atoms with Gasteiger partial charge in [-0.1, -0.05) is 20.3 Å². The van der Waals surface area contributed by atoms with Crippen LogP contribution in [0.5, 0.6) is 0 Å². The molecule has 0 saturated carbocycles. The van der Waals surface area contributed by atoms with Gasteiger partial charge in [-0.05, 0) is 19.3 Å². The van der Waals surface area contributed by atoms with E-state index in [2.05, 4.69) is 24.3 Å². The summed E-state index contributed by atoms with van der Waals surface area (Å²) in [5.41, 5.74) is 1.86. The monoisotopic (exact) mass is 250 g/mol. The normalized spacial score (nSPS) is 15.6. The first-order valence-corrected chi connectivity index (χ1v) is 6.70. The highest BCUT2D eigenvalue weighted by Gasteiger charge is 2.27. The zero-order valence-electron chi connectivity index (χ0n) is 11.4. The SMILES string of the molecule is CCCCn1ncc(NC(=O)N2CC(C)C2)c1C. The number of rotatable bonds is 4. The lowest BCUT2D eigenvalue weighted by Gasteiger charge is -2.36. The molecule has 0 atom stereocenters. The van der Waals surface area contributed by atoms with Crippen molar-refractivity contribution in [3.8, 4) is 0 Å². The van der Waals surface area contributed by atoms with Crippen LogP contribution in [0.1, 0.15) is 32.4 Å². The lowest BCUT2D eigenvalue weighted by molar-refractivity contribution is 0.141. The molecule has 0 unspecified atom stereocenters. The van der Waals surface area contributed by atoms with Crippen LogP contribution in [0.4, 0.5) is 10.5 Å². The van der Waals surface area contributed by atoms with Crippen molar-refractivity contribution in [2.24, 2.45) is 5.92 Å². The van der Waals surface area contributed by atoms with Gasteiger partial charge in [0.2, 0.25) is 0 Å². The van der Waals surface area contributed by atoms with Gasteiger partial charge in [0, 0.05) is 19.6 Å². The number of carbonyl (C=O) groups is 1. The molecule has 18 heavy (non-hydrogen) atoms. The number of aromatic nitrogens is 2. The van der Waals surface area contributed by atoms with Crippen molar-refractivity contribution in [1.82, 2.24) is 14.7 Å². The molecule has 2 heterocycles. The summed E-state index contributed by atoms with van der Waals surface area (Å²) in [4.78, 5) is 13.7. The van der Waals surface area contributed by atoms with E-state index in [4.69, 9.17) is 0 Å². The molecular weight excluding hydrogens is 228 g/mol. The summed E-state index contributed by atoms with van der Waals surface area (Å²) >= 11 is 0. The summed E-state index contributed by atoms with van der Waals surface area (Å²) in [6.07, 6.45) is 4.00. The van der Waals surface area contributed by atoms with Gasteiger partial charge in [-0.25, -0.2) is 4.79 Å². The molecule has 5 heteroatoms. The van der Waals surface area contributed by atoms with Crippen molar-refractivity contribution in [2.45, 2.75) is 40.2 Å². The second-order valence-corrected chi connectivity index (χ2v) is 5.16. The van der Waals surface area contributed by atoms with Gasteiger partial charge in [0.05, 0.1) is 17.6 Å². The van der Waals surface area contributed by atoms with E-state index in [0.717, 1.165) is 43.9 Å². The third kappa shape index (κ3) is 2.66.